The summed E-state index contributed by atoms with van der Waals surface area (Å²) in [5.74, 6) is 0.914. The molecule has 2 N–H and O–H groups in total. The van der Waals surface area contributed by atoms with Crippen LogP contribution in [-0.4, -0.2) is 51.3 Å². The Morgan fingerprint density at radius 1 is 0.677 bits per heavy atom. The monoisotopic (exact) mass is 437 g/mol. The van der Waals surface area contributed by atoms with E-state index in [2.05, 4.69) is 12.2 Å². The van der Waals surface area contributed by atoms with Crippen LogP contribution in [0, 0.1) is 0 Å². The van der Waals surface area contributed by atoms with Crippen molar-refractivity contribution in [1.82, 2.24) is 0 Å². The maximum atomic E-state index is 8.64. The van der Waals surface area contributed by atoms with E-state index in [-0.39, 0.29) is 6.61 Å². The Morgan fingerprint density at radius 3 is 1.90 bits per heavy atom. The highest BCUT2D eigenvalue weighted by Crippen LogP contribution is 2.23. The quantitative estimate of drug-likeness (QED) is 0.199. The van der Waals surface area contributed by atoms with Crippen LogP contribution in [0.2, 0.25) is 0 Å². The van der Waals surface area contributed by atoms with Crippen molar-refractivity contribution in [2.24, 2.45) is 0 Å². The predicted molar refractivity (Wildman–Crippen MR) is 130 cm³/mol. The average Bonchev–Trinajstić information content (AvgIpc) is 2.79. The highest BCUT2D eigenvalue weighted by molar-refractivity contribution is 5.56. The standard InChI is InChI=1S/C26H47NO4/c1-2-3-4-5-6-7-8-9-10-11-12-15-20-31-26-17-14-13-16-25(26)27-18-21-29-23-24-30-22-19-28/h13-14,16-17,27-28H,2-12,15,18-24H2,1H3. The highest BCUT2D eigenvalue weighted by Gasteiger charge is 2.02. The summed E-state index contributed by atoms with van der Waals surface area (Å²) < 4.78 is 16.7. The maximum Gasteiger partial charge on any atom is 0.142 e. The smallest absolute Gasteiger partial charge is 0.142 e. The molecular weight excluding hydrogens is 390 g/mol. The van der Waals surface area contributed by atoms with Gasteiger partial charge in [0.25, 0.3) is 0 Å². The molecule has 0 bridgehead atoms. The van der Waals surface area contributed by atoms with Crippen molar-refractivity contribution in [3.8, 4) is 5.75 Å². The van der Waals surface area contributed by atoms with Gasteiger partial charge in [0, 0.05) is 6.54 Å². The summed E-state index contributed by atoms with van der Waals surface area (Å²) in [6.07, 6.45) is 16.3. The zero-order valence-corrected chi connectivity index (χ0v) is 19.9. The first kappa shape index (κ1) is 27.7. The van der Waals surface area contributed by atoms with Gasteiger partial charge in [0.1, 0.15) is 5.75 Å². The van der Waals surface area contributed by atoms with Crippen molar-refractivity contribution >= 4 is 5.69 Å². The fourth-order valence-corrected chi connectivity index (χ4v) is 3.51. The zero-order valence-electron chi connectivity index (χ0n) is 19.9. The third-order valence-corrected chi connectivity index (χ3v) is 5.31. The molecule has 1 aromatic rings. The number of anilines is 1. The van der Waals surface area contributed by atoms with Crippen LogP contribution in [0.1, 0.15) is 84.0 Å². The normalized spacial score (nSPS) is 11.0. The summed E-state index contributed by atoms with van der Waals surface area (Å²) in [7, 11) is 0. The van der Waals surface area contributed by atoms with Gasteiger partial charge in [0.2, 0.25) is 0 Å². The number of rotatable bonds is 23. The van der Waals surface area contributed by atoms with E-state index in [0.29, 0.717) is 26.4 Å². The van der Waals surface area contributed by atoms with Crippen LogP contribution in [0.4, 0.5) is 5.69 Å². The van der Waals surface area contributed by atoms with E-state index in [0.717, 1.165) is 31.0 Å². The van der Waals surface area contributed by atoms with Crippen LogP contribution in [0.5, 0.6) is 5.75 Å². The van der Waals surface area contributed by atoms with Crippen LogP contribution in [-0.2, 0) is 9.47 Å². The number of nitrogens with one attached hydrogen (secondary N) is 1. The lowest BCUT2D eigenvalue weighted by molar-refractivity contribution is 0.0361. The minimum atomic E-state index is 0.0532. The van der Waals surface area contributed by atoms with Crippen molar-refractivity contribution in [2.75, 3.05) is 51.5 Å². The molecule has 0 saturated carbocycles. The number of aliphatic hydroxyl groups excluding tert-OH is 1. The van der Waals surface area contributed by atoms with Crippen molar-refractivity contribution in [3.63, 3.8) is 0 Å². The predicted octanol–water partition coefficient (Wildman–Crippen LogP) is 6.20. The van der Waals surface area contributed by atoms with Gasteiger partial charge in [-0.15, -0.1) is 0 Å². The second kappa shape index (κ2) is 21.9. The SMILES string of the molecule is CCCCCCCCCCCCCCOc1ccccc1NCCOCCOCCO. The molecule has 0 aromatic heterocycles. The van der Waals surface area contributed by atoms with E-state index in [1.165, 1.54) is 70.6 Å². The second-order valence-electron chi connectivity index (χ2n) is 8.11. The van der Waals surface area contributed by atoms with Crippen molar-refractivity contribution in [2.45, 2.75) is 84.0 Å². The van der Waals surface area contributed by atoms with Gasteiger partial charge in [-0.05, 0) is 18.6 Å². The molecule has 0 heterocycles. The average molecular weight is 438 g/mol. The highest BCUT2D eigenvalue weighted by atomic mass is 16.5. The number of benzene rings is 1. The van der Waals surface area contributed by atoms with Gasteiger partial charge in [0.05, 0.1) is 45.3 Å². The first-order chi connectivity index (χ1) is 15.4. The van der Waals surface area contributed by atoms with E-state index in [4.69, 9.17) is 19.3 Å². The number of aliphatic hydroxyl groups is 1. The lowest BCUT2D eigenvalue weighted by Crippen LogP contribution is -2.14. The van der Waals surface area contributed by atoms with Crippen LogP contribution in [0.25, 0.3) is 0 Å². The molecular formula is C26H47NO4. The van der Waals surface area contributed by atoms with Gasteiger partial charge in [-0.25, -0.2) is 0 Å². The number of ether oxygens (including phenoxy) is 3. The maximum absolute atomic E-state index is 8.64. The van der Waals surface area contributed by atoms with Gasteiger partial charge in [-0.2, -0.15) is 0 Å². The summed E-state index contributed by atoms with van der Waals surface area (Å²) in [6, 6.07) is 8.09. The van der Waals surface area contributed by atoms with Crippen molar-refractivity contribution in [1.29, 1.82) is 0 Å². The molecule has 0 amide bonds. The number of hydrogen-bond acceptors (Lipinski definition) is 5. The summed E-state index contributed by atoms with van der Waals surface area (Å²) >= 11 is 0. The summed E-state index contributed by atoms with van der Waals surface area (Å²) in [5.41, 5.74) is 1.02. The van der Waals surface area contributed by atoms with Gasteiger partial charge in [-0.3, -0.25) is 0 Å². The van der Waals surface area contributed by atoms with Gasteiger partial charge in [-0.1, -0.05) is 89.7 Å². The number of para-hydroxylation sites is 2. The molecule has 0 radical (unpaired) electrons. The summed E-state index contributed by atoms with van der Waals surface area (Å²) in [4.78, 5) is 0. The third kappa shape index (κ3) is 17.0. The van der Waals surface area contributed by atoms with Gasteiger partial charge in [0.15, 0.2) is 0 Å². The topological polar surface area (TPSA) is 60.0 Å². The molecule has 0 fully saturated rings. The molecule has 0 atom stereocenters. The van der Waals surface area contributed by atoms with Crippen molar-refractivity contribution < 1.29 is 19.3 Å². The van der Waals surface area contributed by atoms with E-state index in [1.54, 1.807) is 0 Å². The van der Waals surface area contributed by atoms with Crippen LogP contribution < -0.4 is 10.1 Å². The van der Waals surface area contributed by atoms with E-state index < -0.39 is 0 Å². The van der Waals surface area contributed by atoms with Crippen LogP contribution in [0.15, 0.2) is 24.3 Å². The Bertz CT molecular complexity index is 498. The molecule has 1 aromatic carbocycles. The molecule has 1 rings (SSSR count). The summed E-state index contributed by atoms with van der Waals surface area (Å²) in [6.45, 7) is 5.85. The minimum absolute atomic E-state index is 0.0532. The molecule has 31 heavy (non-hydrogen) atoms. The third-order valence-electron chi connectivity index (χ3n) is 5.31. The Kier molecular flexibility index (Phi) is 19.6. The molecule has 5 nitrogen and oxygen atoms in total. The van der Waals surface area contributed by atoms with Crippen LogP contribution in [0.3, 0.4) is 0 Å². The number of hydrogen-bond donors (Lipinski definition) is 2. The molecule has 0 aliphatic heterocycles. The molecule has 0 aliphatic carbocycles. The Hall–Kier alpha value is -1.30. The Balaban J connectivity index is 1.98. The van der Waals surface area contributed by atoms with E-state index in [1.807, 2.05) is 24.3 Å². The zero-order chi connectivity index (χ0) is 22.2. The van der Waals surface area contributed by atoms with Gasteiger partial charge >= 0.3 is 0 Å². The lowest BCUT2D eigenvalue weighted by atomic mass is 10.1. The molecule has 0 unspecified atom stereocenters. The van der Waals surface area contributed by atoms with Gasteiger partial charge < -0.3 is 24.6 Å². The van der Waals surface area contributed by atoms with E-state index in [9.17, 15) is 0 Å². The first-order valence-electron chi connectivity index (χ1n) is 12.6. The Labute approximate surface area is 190 Å². The second-order valence-corrected chi connectivity index (χ2v) is 8.11. The number of unbranched alkanes of at least 4 members (excludes halogenated alkanes) is 11. The molecule has 0 spiro atoms. The molecule has 180 valence electrons. The Morgan fingerprint density at radius 2 is 1.26 bits per heavy atom. The molecule has 0 saturated heterocycles. The van der Waals surface area contributed by atoms with Crippen LogP contribution >= 0.6 is 0 Å². The fourth-order valence-electron chi connectivity index (χ4n) is 3.51. The summed E-state index contributed by atoms with van der Waals surface area (Å²) in [5, 5.41) is 12.0. The lowest BCUT2D eigenvalue weighted by Gasteiger charge is -2.13. The van der Waals surface area contributed by atoms with E-state index >= 15 is 0 Å². The van der Waals surface area contributed by atoms with Crippen molar-refractivity contribution in [3.05, 3.63) is 24.3 Å². The fraction of sp³-hybridized carbons (Fsp3) is 0.769. The molecule has 5 heteroatoms. The first-order valence-corrected chi connectivity index (χ1v) is 12.6. The molecule has 0 aliphatic rings. The minimum Gasteiger partial charge on any atom is -0.491 e. The largest absolute Gasteiger partial charge is 0.491 e.